The minimum Gasteiger partial charge on any atom is -0.300 e. The standard InChI is InChI=1S/C14H17Cl2NO/c1-17(12-4-6-13(18)7-5-12)9-10-2-3-11(15)8-14(10)16/h2-3,8,12H,4-7,9H2,1H3. The van der Waals surface area contributed by atoms with Crippen molar-refractivity contribution in [2.45, 2.75) is 38.3 Å². The maximum atomic E-state index is 11.2. The van der Waals surface area contributed by atoms with Crippen LogP contribution in [0.3, 0.4) is 0 Å². The molecule has 1 aliphatic rings. The van der Waals surface area contributed by atoms with Gasteiger partial charge >= 0.3 is 0 Å². The summed E-state index contributed by atoms with van der Waals surface area (Å²) in [6.07, 6.45) is 3.34. The van der Waals surface area contributed by atoms with Crippen LogP contribution in [-0.2, 0) is 11.3 Å². The largest absolute Gasteiger partial charge is 0.300 e. The Hall–Kier alpha value is -0.570. The fourth-order valence-corrected chi connectivity index (χ4v) is 2.88. The first-order valence-electron chi connectivity index (χ1n) is 6.22. The number of hydrogen-bond acceptors (Lipinski definition) is 2. The molecule has 98 valence electrons. The minimum absolute atomic E-state index is 0.393. The maximum Gasteiger partial charge on any atom is 0.133 e. The predicted molar refractivity (Wildman–Crippen MR) is 75.2 cm³/mol. The van der Waals surface area contributed by atoms with E-state index in [1.54, 1.807) is 6.07 Å². The third-order valence-corrected chi connectivity index (χ3v) is 4.16. The number of nitrogens with zero attached hydrogens (tertiary/aromatic N) is 1. The van der Waals surface area contributed by atoms with Crippen LogP contribution in [0.4, 0.5) is 0 Å². The molecule has 4 heteroatoms. The highest BCUT2D eigenvalue weighted by Gasteiger charge is 2.22. The Morgan fingerprint density at radius 2 is 1.94 bits per heavy atom. The number of halogens is 2. The zero-order chi connectivity index (χ0) is 13.1. The molecule has 0 bridgehead atoms. The normalized spacial score (nSPS) is 17.4. The minimum atomic E-state index is 0.393. The van der Waals surface area contributed by atoms with E-state index in [1.165, 1.54) is 0 Å². The summed E-state index contributed by atoms with van der Waals surface area (Å²) in [5.74, 6) is 0.393. The first kappa shape index (κ1) is 13.9. The van der Waals surface area contributed by atoms with Gasteiger partial charge in [-0.2, -0.15) is 0 Å². The van der Waals surface area contributed by atoms with Crippen LogP contribution in [-0.4, -0.2) is 23.8 Å². The molecule has 0 saturated heterocycles. The summed E-state index contributed by atoms with van der Waals surface area (Å²) < 4.78 is 0. The Balaban J connectivity index is 1.98. The monoisotopic (exact) mass is 285 g/mol. The molecule has 0 heterocycles. The first-order valence-corrected chi connectivity index (χ1v) is 6.97. The molecule has 0 atom stereocenters. The Kier molecular flexibility index (Phi) is 4.66. The van der Waals surface area contributed by atoms with Crippen molar-refractivity contribution in [1.82, 2.24) is 4.90 Å². The molecular formula is C14H17Cl2NO. The van der Waals surface area contributed by atoms with Crippen LogP contribution in [0.5, 0.6) is 0 Å². The van der Waals surface area contributed by atoms with Crippen LogP contribution in [0, 0.1) is 0 Å². The second kappa shape index (κ2) is 6.05. The molecule has 0 spiro atoms. The lowest BCUT2D eigenvalue weighted by Crippen LogP contribution is -2.34. The average molecular weight is 286 g/mol. The van der Waals surface area contributed by atoms with Gasteiger partial charge in [0, 0.05) is 35.5 Å². The molecule has 0 N–H and O–H groups in total. The van der Waals surface area contributed by atoms with Gasteiger partial charge in [0.25, 0.3) is 0 Å². The van der Waals surface area contributed by atoms with Gasteiger partial charge in [0.1, 0.15) is 5.78 Å². The van der Waals surface area contributed by atoms with Gasteiger partial charge in [-0.3, -0.25) is 9.69 Å². The zero-order valence-electron chi connectivity index (χ0n) is 10.5. The van der Waals surface area contributed by atoms with Crippen molar-refractivity contribution in [3.05, 3.63) is 33.8 Å². The van der Waals surface area contributed by atoms with E-state index in [1.807, 2.05) is 12.1 Å². The van der Waals surface area contributed by atoms with Gasteiger partial charge in [0.2, 0.25) is 0 Å². The van der Waals surface area contributed by atoms with Crippen molar-refractivity contribution in [3.63, 3.8) is 0 Å². The number of benzene rings is 1. The van der Waals surface area contributed by atoms with Gasteiger partial charge in [-0.05, 0) is 37.6 Å². The molecule has 2 rings (SSSR count). The average Bonchev–Trinajstić information content (AvgIpc) is 2.33. The highest BCUT2D eigenvalue weighted by atomic mass is 35.5. The number of ketones is 1. The summed E-state index contributed by atoms with van der Waals surface area (Å²) in [6, 6.07) is 6.08. The van der Waals surface area contributed by atoms with E-state index in [0.717, 1.165) is 24.9 Å². The van der Waals surface area contributed by atoms with Crippen molar-refractivity contribution in [2.75, 3.05) is 7.05 Å². The van der Waals surface area contributed by atoms with Crippen molar-refractivity contribution in [3.8, 4) is 0 Å². The lowest BCUT2D eigenvalue weighted by Gasteiger charge is -2.30. The van der Waals surface area contributed by atoms with Crippen LogP contribution in [0.1, 0.15) is 31.2 Å². The third-order valence-electron chi connectivity index (χ3n) is 3.57. The predicted octanol–water partition coefficient (Wildman–Crippen LogP) is 3.94. The molecule has 1 saturated carbocycles. The maximum absolute atomic E-state index is 11.2. The van der Waals surface area contributed by atoms with E-state index in [9.17, 15) is 4.79 Å². The summed E-state index contributed by atoms with van der Waals surface area (Å²) in [7, 11) is 2.09. The lowest BCUT2D eigenvalue weighted by atomic mass is 9.93. The van der Waals surface area contributed by atoms with Crippen LogP contribution in [0.15, 0.2) is 18.2 Å². The Morgan fingerprint density at radius 1 is 1.28 bits per heavy atom. The molecule has 1 aliphatic carbocycles. The van der Waals surface area contributed by atoms with Gasteiger partial charge < -0.3 is 0 Å². The number of Topliss-reactive ketones (excluding diaryl/α,β-unsaturated/α-hetero) is 1. The fourth-order valence-electron chi connectivity index (χ4n) is 2.41. The Labute approximate surface area is 118 Å². The van der Waals surface area contributed by atoms with E-state index < -0.39 is 0 Å². The molecule has 1 aromatic carbocycles. The van der Waals surface area contributed by atoms with Crippen molar-refractivity contribution < 1.29 is 4.79 Å². The van der Waals surface area contributed by atoms with Crippen LogP contribution >= 0.6 is 23.2 Å². The summed E-state index contributed by atoms with van der Waals surface area (Å²) in [6.45, 7) is 0.800. The van der Waals surface area contributed by atoms with E-state index in [2.05, 4.69) is 11.9 Å². The summed E-state index contributed by atoms with van der Waals surface area (Å²) in [5, 5.41) is 1.37. The molecular weight excluding hydrogens is 269 g/mol. The Morgan fingerprint density at radius 3 is 2.56 bits per heavy atom. The van der Waals surface area contributed by atoms with E-state index in [4.69, 9.17) is 23.2 Å². The number of hydrogen-bond donors (Lipinski definition) is 0. The molecule has 0 radical (unpaired) electrons. The number of carbonyl (C=O) groups is 1. The van der Waals surface area contributed by atoms with Crippen LogP contribution in [0.2, 0.25) is 10.0 Å². The zero-order valence-corrected chi connectivity index (χ0v) is 12.0. The smallest absolute Gasteiger partial charge is 0.133 e. The SMILES string of the molecule is CN(Cc1ccc(Cl)cc1Cl)C1CCC(=O)CC1. The first-order chi connectivity index (χ1) is 8.56. The van der Waals surface area contributed by atoms with Crippen molar-refractivity contribution in [1.29, 1.82) is 0 Å². The molecule has 2 nitrogen and oxygen atoms in total. The molecule has 0 unspecified atom stereocenters. The van der Waals surface area contributed by atoms with Crippen LogP contribution < -0.4 is 0 Å². The van der Waals surface area contributed by atoms with Crippen LogP contribution in [0.25, 0.3) is 0 Å². The molecule has 0 aromatic heterocycles. The lowest BCUT2D eigenvalue weighted by molar-refractivity contribution is -0.121. The molecule has 0 amide bonds. The Bertz CT molecular complexity index is 437. The van der Waals surface area contributed by atoms with E-state index >= 15 is 0 Å². The van der Waals surface area contributed by atoms with Gasteiger partial charge in [-0.25, -0.2) is 0 Å². The summed E-state index contributed by atoms with van der Waals surface area (Å²) in [4.78, 5) is 13.5. The highest BCUT2D eigenvalue weighted by molar-refractivity contribution is 6.35. The summed E-state index contributed by atoms with van der Waals surface area (Å²) in [5.41, 5.74) is 1.08. The highest BCUT2D eigenvalue weighted by Crippen LogP contribution is 2.25. The second-order valence-electron chi connectivity index (χ2n) is 4.92. The molecule has 1 fully saturated rings. The van der Waals surface area contributed by atoms with E-state index in [0.29, 0.717) is 34.7 Å². The molecule has 0 aliphatic heterocycles. The van der Waals surface area contributed by atoms with Crippen molar-refractivity contribution >= 4 is 29.0 Å². The van der Waals surface area contributed by atoms with E-state index in [-0.39, 0.29) is 0 Å². The van der Waals surface area contributed by atoms with Crippen molar-refractivity contribution in [2.24, 2.45) is 0 Å². The quantitative estimate of drug-likeness (QED) is 0.839. The fraction of sp³-hybridized carbons (Fsp3) is 0.500. The van der Waals surface area contributed by atoms with Gasteiger partial charge in [0.15, 0.2) is 0 Å². The molecule has 18 heavy (non-hydrogen) atoms. The summed E-state index contributed by atoms with van der Waals surface area (Å²) >= 11 is 12.1. The topological polar surface area (TPSA) is 20.3 Å². The molecule has 1 aromatic rings. The number of rotatable bonds is 3. The second-order valence-corrected chi connectivity index (χ2v) is 5.76. The van der Waals surface area contributed by atoms with Gasteiger partial charge in [-0.15, -0.1) is 0 Å². The third kappa shape index (κ3) is 3.47. The number of carbonyl (C=O) groups excluding carboxylic acids is 1. The van der Waals surface area contributed by atoms with Gasteiger partial charge in [-0.1, -0.05) is 29.3 Å². The van der Waals surface area contributed by atoms with Gasteiger partial charge in [0.05, 0.1) is 0 Å².